The molecule has 0 saturated heterocycles. The van der Waals surface area contributed by atoms with Gasteiger partial charge in [0.05, 0.1) is 11.1 Å². The highest BCUT2D eigenvalue weighted by Gasteiger charge is 2.34. The lowest BCUT2D eigenvalue weighted by Gasteiger charge is -2.18. The predicted molar refractivity (Wildman–Crippen MR) is 121 cm³/mol. The SMILES string of the molecule is CN=C(NCCN1C(=O)c2ccccc2C1=O)NCC(C)c1ccccc1.I. The third-order valence-electron chi connectivity index (χ3n) is 4.67. The van der Waals surface area contributed by atoms with Crippen molar-refractivity contribution in [2.75, 3.05) is 26.7 Å². The second-order valence-corrected chi connectivity index (χ2v) is 6.50. The van der Waals surface area contributed by atoms with E-state index >= 15 is 0 Å². The van der Waals surface area contributed by atoms with E-state index in [0.717, 1.165) is 6.54 Å². The molecule has 0 aromatic heterocycles. The van der Waals surface area contributed by atoms with Crippen molar-refractivity contribution in [3.8, 4) is 0 Å². The summed E-state index contributed by atoms with van der Waals surface area (Å²) in [7, 11) is 1.70. The van der Waals surface area contributed by atoms with Crippen LogP contribution < -0.4 is 10.6 Å². The molecular weight excluding hydrogens is 467 g/mol. The fourth-order valence-electron chi connectivity index (χ4n) is 3.10. The van der Waals surface area contributed by atoms with Crippen molar-refractivity contribution in [3.63, 3.8) is 0 Å². The topological polar surface area (TPSA) is 73.8 Å². The van der Waals surface area contributed by atoms with Crippen LogP contribution in [-0.4, -0.2) is 49.4 Å². The van der Waals surface area contributed by atoms with Gasteiger partial charge in [-0.2, -0.15) is 0 Å². The van der Waals surface area contributed by atoms with Crippen molar-refractivity contribution in [1.29, 1.82) is 0 Å². The first-order valence-electron chi connectivity index (χ1n) is 9.06. The van der Waals surface area contributed by atoms with Crippen LogP contribution in [0.3, 0.4) is 0 Å². The van der Waals surface area contributed by atoms with Gasteiger partial charge in [-0.25, -0.2) is 0 Å². The molecule has 1 unspecified atom stereocenters. The molecule has 2 N–H and O–H groups in total. The lowest BCUT2D eigenvalue weighted by molar-refractivity contribution is 0.0657. The van der Waals surface area contributed by atoms with Crippen LogP contribution in [0, 0.1) is 0 Å². The minimum absolute atomic E-state index is 0. The van der Waals surface area contributed by atoms with Gasteiger partial charge in [-0.05, 0) is 23.6 Å². The van der Waals surface area contributed by atoms with E-state index in [0.29, 0.717) is 36.1 Å². The van der Waals surface area contributed by atoms with E-state index in [2.05, 4.69) is 34.7 Å². The number of amides is 2. The van der Waals surface area contributed by atoms with Gasteiger partial charge in [-0.15, -0.1) is 24.0 Å². The molecule has 28 heavy (non-hydrogen) atoms. The molecule has 0 spiro atoms. The van der Waals surface area contributed by atoms with Crippen LogP contribution in [-0.2, 0) is 0 Å². The molecule has 148 valence electrons. The van der Waals surface area contributed by atoms with Gasteiger partial charge in [0.15, 0.2) is 5.96 Å². The quantitative estimate of drug-likeness (QED) is 0.282. The van der Waals surface area contributed by atoms with Gasteiger partial charge in [-0.3, -0.25) is 19.5 Å². The summed E-state index contributed by atoms with van der Waals surface area (Å²) in [4.78, 5) is 30.2. The summed E-state index contributed by atoms with van der Waals surface area (Å²) in [5.41, 5.74) is 2.20. The zero-order chi connectivity index (χ0) is 19.2. The highest BCUT2D eigenvalue weighted by atomic mass is 127. The van der Waals surface area contributed by atoms with E-state index in [1.165, 1.54) is 10.5 Å². The van der Waals surface area contributed by atoms with Crippen molar-refractivity contribution >= 4 is 41.8 Å². The number of fused-ring (bicyclic) bond motifs is 1. The third-order valence-corrected chi connectivity index (χ3v) is 4.67. The summed E-state index contributed by atoms with van der Waals surface area (Å²) in [6, 6.07) is 17.2. The summed E-state index contributed by atoms with van der Waals surface area (Å²) in [6.45, 7) is 3.61. The molecule has 7 heteroatoms. The Morgan fingerprint density at radius 1 is 0.964 bits per heavy atom. The molecule has 0 radical (unpaired) electrons. The predicted octanol–water partition coefficient (Wildman–Crippen LogP) is 2.87. The zero-order valence-electron chi connectivity index (χ0n) is 16.0. The Morgan fingerprint density at radius 3 is 2.11 bits per heavy atom. The Labute approximate surface area is 182 Å². The Hall–Kier alpha value is -2.42. The Bertz CT molecular complexity index is 819. The Balaban J connectivity index is 0.00000280. The number of aliphatic imine (C=N–C) groups is 1. The molecule has 1 heterocycles. The standard InChI is InChI=1S/C21H24N4O2.HI/c1-15(16-8-4-3-5-9-16)14-24-21(22-2)23-12-13-25-19(26)17-10-6-7-11-18(17)20(25)27;/h3-11,15H,12-14H2,1-2H3,(H2,22,23,24);1H. The Morgan fingerprint density at radius 2 is 1.54 bits per heavy atom. The first-order valence-corrected chi connectivity index (χ1v) is 9.06. The van der Waals surface area contributed by atoms with Crippen molar-refractivity contribution in [2.45, 2.75) is 12.8 Å². The molecule has 0 saturated carbocycles. The highest BCUT2D eigenvalue weighted by Crippen LogP contribution is 2.21. The minimum atomic E-state index is -0.238. The summed E-state index contributed by atoms with van der Waals surface area (Å²) in [6.07, 6.45) is 0. The van der Waals surface area contributed by atoms with Crippen LogP contribution in [0.1, 0.15) is 39.1 Å². The number of guanidine groups is 1. The first kappa shape index (κ1) is 21.9. The van der Waals surface area contributed by atoms with Crippen LogP contribution in [0.2, 0.25) is 0 Å². The molecule has 0 bridgehead atoms. The number of hydrogen-bond acceptors (Lipinski definition) is 3. The van der Waals surface area contributed by atoms with Gasteiger partial charge < -0.3 is 10.6 Å². The number of benzene rings is 2. The number of carbonyl (C=O) groups excluding carboxylic acids is 2. The van der Waals surface area contributed by atoms with Gasteiger partial charge in [0.1, 0.15) is 0 Å². The molecule has 2 amide bonds. The first-order chi connectivity index (χ1) is 13.1. The van der Waals surface area contributed by atoms with Gasteiger partial charge in [0, 0.05) is 26.7 Å². The Kier molecular flexibility index (Phi) is 7.98. The van der Waals surface area contributed by atoms with Crippen LogP contribution in [0.5, 0.6) is 0 Å². The molecule has 6 nitrogen and oxygen atoms in total. The normalized spacial score (nSPS) is 14.4. The summed E-state index contributed by atoms with van der Waals surface area (Å²) in [5.74, 6) is 0.506. The molecule has 1 aliphatic rings. The molecule has 3 rings (SSSR count). The van der Waals surface area contributed by atoms with E-state index < -0.39 is 0 Å². The van der Waals surface area contributed by atoms with E-state index in [-0.39, 0.29) is 35.8 Å². The number of imide groups is 1. The van der Waals surface area contributed by atoms with Crippen LogP contribution >= 0.6 is 24.0 Å². The van der Waals surface area contributed by atoms with Gasteiger partial charge in [0.2, 0.25) is 0 Å². The van der Waals surface area contributed by atoms with Crippen molar-refractivity contribution in [1.82, 2.24) is 15.5 Å². The molecule has 2 aromatic carbocycles. The van der Waals surface area contributed by atoms with E-state index in [4.69, 9.17) is 0 Å². The third kappa shape index (κ3) is 4.89. The largest absolute Gasteiger partial charge is 0.356 e. The van der Waals surface area contributed by atoms with E-state index in [1.54, 1.807) is 31.3 Å². The maximum Gasteiger partial charge on any atom is 0.261 e. The number of carbonyl (C=O) groups is 2. The fourth-order valence-corrected chi connectivity index (χ4v) is 3.10. The van der Waals surface area contributed by atoms with Crippen molar-refractivity contribution in [3.05, 3.63) is 71.3 Å². The molecule has 0 fully saturated rings. The minimum Gasteiger partial charge on any atom is -0.356 e. The van der Waals surface area contributed by atoms with Crippen LogP contribution in [0.4, 0.5) is 0 Å². The number of nitrogens with one attached hydrogen (secondary N) is 2. The molecular formula is C21H25IN4O2. The number of rotatable bonds is 6. The smallest absolute Gasteiger partial charge is 0.261 e. The molecule has 2 aromatic rings. The maximum absolute atomic E-state index is 12.4. The second kappa shape index (κ2) is 10.2. The van der Waals surface area contributed by atoms with Gasteiger partial charge in [-0.1, -0.05) is 49.4 Å². The number of halogens is 1. The van der Waals surface area contributed by atoms with Gasteiger partial charge in [0.25, 0.3) is 11.8 Å². The maximum atomic E-state index is 12.4. The average molecular weight is 492 g/mol. The lowest BCUT2D eigenvalue weighted by atomic mass is 10.0. The fraction of sp³-hybridized carbons (Fsp3) is 0.286. The number of nitrogens with zero attached hydrogens (tertiary/aromatic N) is 2. The lowest BCUT2D eigenvalue weighted by Crippen LogP contribution is -2.43. The van der Waals surface area contributed by atoms with Gasteiger partial charge >= 0.3 is 0 Å². The second-order valence-electron chi connectivity index (χ2n) is 6.50. The average Bonchev–Trinajstić information content (AvgIpc) is 2.96. The molecule has 1 aliphatic heterocycles. The zero-order valence-corrected chi connectivity index (χ0v) is 18.3. The monoisotopic (exact) mass is 492 g/mol. The highest BCUT2D eigenvalue weighted by molar-refractivity contribution is 14.0. The van der Waals surface area contributed by atoms with Crippen LogP contribution in [0.25, 0.3) is 0 Å². The van der Waals surface area contributed by atoms with E-state index in [9.17, 15) is 9.59 Å². The van der Waals surface area contributed by atoms with Crippen LogP contribution in [0.15, 0.2) is 59.6 Å². The van der Waals surface area contributed by atoms with Crippen molar-refractivity contribution < 1.29 is 9.59 Å². The van der Waals surface area contributed by atoms with E-state index in [1.807, 2.05) is 18.2 Å². The number of hydrogen-bond donors (Lipinski definition) is 2. The van der Waals surface area contributed by atoms with Crippen molar-refractivity contribution in [2.24, 2.45) is 4.99 Å². The summed E-state index contributed by atoms with van der Waals surface area (Å²) < 4.78 is 0. The molecule has 1 atom stereocenters. The molecule has 0 aliphatic carbocycles. The summed E-state index contributed by atoms with van der Waals surface area (Å²) in [5, 5.41) is 6.45. The summed E-state index contributed by atoms with van der Waals surface area (Å²) >= 11 is 0.